The number of ether oxygens (including phenoxy) is 1. The van der Waals surface area contributed by atoms with Crippen molar-refractivity contribution < 1.29 is 4.74 Å². The highest BCUT2D eigenvalue weighted by atomic mass is 32.1. The van der Waals surface area contributed by atoms with Crippen LogP contribution in [-0.2, 0) is 6.61 Å². The Morgan fingerprint density at radius 3 is 2.53 bits per heavy atom. The number of hydrogen-bond donors (Lipinski definition) is 1. The number of rotatable bonds is 6. The highest BCUT2D eigenvalue weighted by Crippen LogP contribution is 2.33. The van der Waals surface area contributed by atoms with E-state index in [1.165, 1.54) is 0 Å². The van der Waals surface area contributed by atoms with E-state index in [1.54, 1.807) is 6.20 Å². The molecule has 0 saturated carbocycles. The number of benzene rings is 2. The summed E-state index contributed by atoms with van der Waals surface area (Å²) in [6.07, 6.45) is 2.53. The predicted molar refractivity (Wildman–Crippen MR) is 123 cm³/mol. The molecule has 1 N–H and O–H groups in total. The van der Waals surface area contributed by atoms with Gasteiger partial charge in [0.2, 0.25) is 0 Å². The van der Waals surface area contributed by atoms with E-state index in [1.807, 2.05) is 60.5 Å². The van der Waals surface area contributed by atoms with Gasteiger partial charge in [0.05, 0.1) is 17.4 Å². The highest BCUT2D eigenvalue weighted by Gasteiger charge is 2.31. The molecule has 1 aliphatic heterocycles. The minimum Gasteiger partial charge on any atom is -0.489 e. The molecule has 30 heavy (non-hydrogen) atoms. The third-order valence-corrected chi connectivity index (χ3v) is 5.25. The van der Waals surface area contributed by atoms with E-state index in [4.69, 9.17) is 22.1 Å². The molecular formula is C24H24N4OS. The Morgan fingerprint density at radius 1 is 1.07 bits per heavy atom. The maximum Gasteiger partial charge on any atom is 0.190 e. The first-order chi connectivity index (χ1) is 14.7. The SMILES string of the molecule is CCNC(=S)N1N=C(c2ccccn2)CC1c1ccc(OCc2ccccc2)cc1. The molecule has 2 heterocycles. The Morgan fingerprint density at radius 2 is 1.83 bits per heavy atom. The van der Waals surface area contributed by atoms with Crippen LogP contribution in [0.4, 0.5) is 0 Å². The van der Waals surface area contributed by atoms with Crippen molar-refractivity contribution in [1.82, 2.24) is 15.3 Å². The molecule has 0 fully saturated rings. The molecule has 0 amide bonds. The van der Waals surface area contributed by atoms with Crippen LogP contribution in [0, 0.1) is 0 Å². The van der Waals surface area contributed by atoms with E-state index >= 15 is 0 Å². The Kier molecular flexibility index (Phi) is 6.35. The van der Waals surface area contributed by atoms with Crippen molar-refractivity contribution in [1.29, 1.82) is 0 Å². The van der Waals surface area contributed by atoms with Crippen LogP contribution in [0.2, 0.25) is 0 Å². The Hall–Kier alpha value is -3.25. The summed E-state index contributed by atoms with van der Waals surface area (Å²) in [5, 5.41) is 10.5. The molecule has 0 aliphatic carbocycles. The molecule has 5 nitrogen and oxygen atoms in total. The smallest absolute Gasteiger partial charge is 0.190 e. The standard InChI is InChI=1S/C24H24N4OS/c1-2-25-24(30)28-23(16-22(27-28)21-10-6-7-15-26-21)19-11-13-20(14-12-19)29-17-18-8-4-3-5-9-18/h3-15,23H,2,16-17H2,1H3,(H,25,30). The molecule has 0 saturated heterocycles. The van der Waals surface area contributed by atoms with E-state index in [9.17, 15) is 0 Å². The van der Waals surface area contributed by atoms with Gasteiger partial charge in [-0.3, -0.25) is 4.98 Å². The van der Waals surface area contributed by atoms with Gasteiger partial charge in [-0.25, -0.2) is 5.01 Å². The van der Waals surface area contributed by atoms with Gasteiger partial charge in [-0.05, 0) is 54.5 Å². The molecule has 3 aromatic rings. The van der Waals surface area contributed by atoms with Crippen LogP contribution in [-0.4, -0.2) is 27.4 Å². The van der Waals surface area contributed by atoms with Gasteiger partial charge in [-0.2, -0.15) is 5.10 Å². The first kappa shape index (κ1) is 20.0. The number of thiocarbonyl (C=S) groups is 1. The zero-order valence-corrected chi connectivity index (χ0v) is 17.7. The fourth-order valence-electron chi connectivity index (χ4n) is 3.40. The molecule has 1 unspecified atom stereocenters. The van der Waals surface area contributed by atoms with Crippen LogP contribution in [0.5, 0.6) is 5.75 Å². The van der Waals surface area contributed by atoms with E-state index in [-0.39, 0.29) is 6.04 Å². The summed E-state index contributed by atoms with van der Waals surface area (Å²) in [4.78, 5) is 4.45. The molecule has 6 heteroatoms. The van der Waals surface area contributed by atoms with Gasteiger partial charge in [-0.1, -0.05) is 48.5 Å². The van der Waals surface area contributed by atoms with E-state index in [2.05, 4.69) is 34.6 Å². The third kappa shape index (κ3) is 4.66. The Bertz CT molecular complexity index is 1010. The molecule has 0 spiro atoms. The Labute approximate surface area is 182 Å². The van der Waals surface area contributed by atoms with Crippen LogP contribution < -0.4 is 10.1 Å². The van der Waals surface area contributed by atoms with Crippen LogP contribution in [0.15, 0.2) is 84.1 Å². The number of hydrazone groups is 1. The normalized spacial score (nSPS) is 15.6. The molecule has 4 rings (SSSR count). The Balaban J connectivity index is 1.50. The van der Waals surface area contributed by atoms with Crippen molar-refractivity contribution in [3.8, 4) is 5.75 Å². The quantitative estimate of drug-likeness (QED) is 0.590. The number of nitrogens with zero attached hydrogens (tertiary/aromatic N) is 3. The minimum absolute atomic E-state index is 0.0247. The fourth-order valence-corrected chi connectivity index (χ4v) is 3.72. The second kappa shape index (κ2) is 9.50. The first-order valence-electron chi connectivity index (χ1n) is 10.1. The largest absolute Gasteiger partial charge is 0.489 e. The van der Waals surface area contributed by atoms with E-state index in [0.717, 1.165) is 41.2 Å². The van der Waals surface area contributed by atoms with Crippen LogP contribution >= 0.6 is 12.2 Å². The molecule has 1 aliphatic rings. The molecular weight excluding hydrogens is 392 g/mol. The zero-order chi connectivity index (χ0) is 20.8. The third-order valence-electron chi connectivity index (χ3n) is 4.92. The summed E-state index contributed by atoms with van der Waals surface area (Å²) in [6.45, 7) is 3.33. The van der Waals surface area contributed by atoms with Crippen LogP contribution in [0.1, 0.15) is 36.2 Å². The number of aromatic nitrogens is 1. The van der Waals surface area contributed by atoms with Crippen molar-refractivity contribution >= 4 is 23.0 Å². The van der Waals surface area contributed by atoms with Gasteiger partial charge in [0.15, 0.2) is 5.11 Å². The van der Waals surface area contributed by atoms with Crippen molar-refractivity contribution in [3.63, 3.8) is 0 Å². The lowest BCUT2D eigenvalue weighted by atomic mass is 10.0. The summed E-state index contributed by atoms with van der Waals surface area (Å²) in [5.74, 6) is 0.840. The second-order valence-electron chi connectivity index (χ2n) is 7.00. The highest BCUT2D eigenvalue weighted by molar-refractivity contribution is 7.80. The van der Waals surface area contributed by atoms with Crippen molar-refractivity contribution in [2.75, 3.05) is 6.54 Å². The molecule has 2 aromatic carbocycles. The summed E-state index contributed by atoms with van der Waals surface area (Å²) in [6, 6.07) is 24.2. The summed E-state index contributed by atoms with van der Waals surface area (Å²) in [5.41, 5.74) is 4.10. The summed E-state index contributed by atoms with van der Waals surface area (Å²) >= 11 is 5.58. The number of hydrogen-bond acceptors (Lipinski definition) is 4. The van der Waals surface area contributed by atoms with Gasteiger partial charge in [-0.15, -0.1) is 0 Å². The average molecular weight is 417 g/mol. The van der Waals surface area contributed by atoms with Crippen molar-refractivity contribution in [2.45, 2.75) is 26.0 Å². The first-order valence-corrected chi connectivity index (χ1v) is 10.5. The van der Waals surface area contributed by atoms with Gasteiger partial charge >= 0.3 is 0 Å². The lowest BCUT2D eigenvalue weighted by Gasteiger charge is -2.24. The van der Waals surface area contributed by atoms with Gasteiger partial charge in [0.1, 0.15) is 12.4 Å². The van der Waals surface area contributed by atoms with Gasteiger partial charge < -0.3 is 10.1 Å². The summed E-state index contributed by atoms with van der Waals surface area (Å²) < 4.78 is 5.92. The maximum absolute atomic E-state index is 5.92. The maximum atomic E-state index is 5.92. The number of nitrogens with one attached hydrogen (secondary N) is 1. The lowest BCUT2D eigenvalue weighted by molar-refractivity contribution is 0.305. The number of pyridine rings is 1. The second-order valence-corrected chi connectivity index (χ2v) is 7.39. The molecule has 1 aromatic heterocycles. The van der Waals surface area contributed by atoms with Gasteiger partial charge in [0.25, 0.3) is 0 Å². The molecule has 1 atom stereocenters. The molecule has 152 valence electrons. The lowest BCUT2D eigenvalue weighted by Crippen LogP contribution is -2.36. The fraction of sp³-hybridized carbons (Fsp3) is 0.208. The van der Waals surface area contributed by atoms with Crippen LogP contribution in [0.3, 0.4) is 0 Å². The monoisotopic (exact) mass is 416 g/mol. The molecule has 0 radical (unpaired) electrons. The average Bonchev–Trinajstić information content (AvgIpc) is 3.25. The topological polar surface area (TPSA) is 49.8 Å². The zero-order valence-electron chi connectivity index (χ0n) is 16.9. The van der Waals surface area contributed by atoms with E-state index < -0.39 is 0 Å². The van der Waals surface area contributed by atoms with E-state index in [0.29, 0.717) is 11.7 Å². The van der Waals surface area contributed by atoms with Crippen LogP contribution in [0.25, 0.3) is 0 Å². The molecule has 0 bridgehead atoms. The van der Waals surface area contributed by atoms with Gasteiger partial charge in [0, 0.05) is 19.2 Å². The van der Waals surface area contributed by atoms with Crippen molar-refractivity contribution in [2.24, 2.45) is 5.10 Å². The van der Waals surface area contributed by atoms with Crippen molar-refractivity contribution in [3.05, 3.63) is 95.8 Å². The summed E-state index contributed by atoms with van der Waals surface area (Å²) in [7, 11) is 0. The predicted octanol–water partition coefficient (Wildman–Crippen LogP) is 4.71. The minimum atomic E-state index is 0.0247.